The van der Waals surface area contributed by atoms with E-state index in [1.807, 2.05) is 12.1 Å². The number of carbonyl (C=O) groups is 1. The molecule has 0 amide bonds. The van der Waals surface area contributed by atoms with E-state index in [2.05, 4.69) is 15.9 Å². The Balaban J connectivity index is 1.84. The number of esters is 1. The van der Waals surface area contributed by atoms with E-state index < -0.39 is 0 Å². The molecule has 2 rings (SSSR count). The SMILES string of the molecule is O=C(CSc1ccc(O)cc1)Oc1ccc(Br)cc1. The molecule has 0 spiro atoms. The molecule has 2 aromatic rings. The van der Waals surface area contributed by atoms with Crippen molar-refractivity contribution in [3.8, 4) is 11.5 Å². The zero-order valence-corrected chi connectivity index (χ0v) is 12.3. The second-order valence-corrected chi connectivity index (χ2v) is 5.67. The Kier molecular flexibility index (Phi) is 4.87. The first-order valence-corrected chi connectivity index (χ1v) is 7.29. The lowest BCUT2D eigenvalue weighted by Crippen LogP contribution is -2.10. The Bertz CT molecular complexity index is 552. The summed E-state index contributed by atoms with van der Waals surface area (Å²) in [4.78, 5) is 12.5. The first-order valence-electron chi connectivity index (χ1n) is 5.51. The first-order chi connectivity index (χ1) is 9.13. The predicted octanol–water partition coefficient (Wildman–Crippen LogP) is 3.85. The fraction of sp³-hybridized carbons (Fsp3) is 0.0714. The number of rotatable bonds is 4. The van der Waals surface area contributed by atoms with Crippen LogP contribution in [0.4, 0.5) is 0 Å². The number of hydrogen-bond donors (Lipinski definition) is 1. The molecule has 0 radical (unpaired) electrons. The predicted molar refractivity (Wildman–Crippen MR) is 78.6 cm³/mol. The number of thioether (sulfide) groups is 1. The Morgan fingerprint density at radius 2 is 1.74 bits per heavy atom. The van der Waals surface area contributed by atoms with Crippen molar-refractivity contribution < 1.29 is 14.6 Å². The molecule has 0 atom stereocenters. The number of aromatic hydroxyl groups is 1. The van der Waals surface area contributed by atoms with Gasteiger partial charge in [0.25, 0.3) is 0 Å². The van der Waals surface area contributed by atoms with Crippen LogP contribution in [0.25, 0.3) is 0 Å². The molecule has 98 valence electrons. The van der Waals surface area contributed by atoms with E-state index in [0.717, 1.165) is 9.37 Å². The van der Waals surface area contributed by atoms with Gasteiger partial charge in [0.2, 0.25) is 0 Å². The maximum absolute atomic E-state index is 11.6. The van der Waals surface area contributed by atoms with Gasteiger partial charge in [-0.25, -0.2) is 0 Å². The van der Waals surface area contributed by atoms with Crippen LogP contribution in [0.1, 0.15) is 0 Å². The maximum Gasteiger partial charge on any atom is 0.321 e. The van der Waals surface area contributed by atoms with Crippen LogP contribution in [0.2, 0.25) is 0 Å². The largest absolute Gasteiger partial charge is 0.508 e. The van der Waals surface area contributed by atoms with E-state index in [-0.39, 0.29) is 17.5 Å². The van der Waals surface area contributed by atoms with E-state index in [1.165, 1.54) is 11.8 Å². The Labute approximate surface area is 123 Å². The van der Waals surface area contributed by atoms with Crippen molar-refractivity contribution in [1.29, 1.82) is 0 Å². The summed E-state index contributed by atoms with van der Waals surface area (Å²) in [6.07, 6.45) is 0. The van der Waals surface area contributed by atoms with Gasteiger partial charge in [0.1, 0.15) is 11.5 Å². The number of halogens is 1. The number of ether oxygens (including phenoxy) is 1. The van der Waals surface area contributed by atoms with Crippen LogP contribution in [-0.2, 0) is 4.79 Å². The second-order valence-electron chi connectivity index (χ2n) is 3.71. The number of benzene rings is 2. The fourth-order valence-corrected chi connectivity index (χ4v) is 2.28. The number of phenolic OH excluding ortho intramolecular Hbond substituents is 1. The summed E-state index contributed by atoms with van der Waals surface area (Å²) in [6.45, 7) is 0. The summed E-state index contributed by atoms with van der Waals surface area (Å²) < 4.78 is 6.12. The average Bonchev–Trinajstić information content (AvgIpc) is 2.41. The van der Waals surface area contributed by atoms with Crippen molar-refractivity contribution in [2.75, 3.05) is 5.75 Å². The number of phenols is 1. The van der Waals surface area contributed by atoms with Gasteiger partial charge in [0.15, 0.2) is 0 Å². The molecule has 2 aromatic carbocycles. The van der Waals surface area contributed by atoms with Crippen molar-refractivity contribution in [2.45, 2.75) is 4.90 Å². The first kappa shape index (κ1) is 14.0. The molecule has 0 saturated heterocycles. The molecule has 0 heterocycles. The zero-order chi connectivity index (χ0) is 13.7. The van der Waals surface area contributed by atoms with Crippen LogP contribution in [-0.4, -0.2) is 16.8 Å². The Morgan fingerprint density at radius 1 is 1.11 bits per heavy atom. The van der Waals surface area contributed by atoms with Crippen molar-refractivity contribution in [1.82, 2.24) is 0 Å². The molecule has 0 aromatic heterocycles. The highest BCUT2D eigenvalue weighted by Crippen LogP contribution is 2.21. The molecule has 5 heteroatoms. The van der Waals surface area contributed by atoms with E-state index in [0.29, 0.717) is 5.75 Å². The Morgan fingerprint density at radius 3 is 2.37 bits per heavy atom. The van der Waals surface area contributed by atoms with Crippen LogP contribution in [0.3, 0.4) is 0 Å². The summed E-state index contributed by atoms with van der Waals surface area (Å²) in [5, 5.41) is 9.15. The van der Waals surface area contributed by atoms with Gasteiger partial charge in [-0.3, -0.25) is 4.79 Å². The molecule has 0 aliphatic carbocycles. The van der Waals surface area contributed by atoms with Crippen LogP contribution >= 0.6 is 27.7 Å². The average molecular weight is 339 g/mol. The molecule has 0 unspecified atom stereocenters. The minimum atomic E-state index is -0.305. The minimum absolute atomic E-state index is 0.210. The minimum Gasteiger partial charge on any atom is -0.508 e. The second kappa shape index (κ2) is 6.63. The van der Waals surface area contributed by atoms with Crippen molar-refractivity contribution in [3.05, 3.63) is 53.0 Å². The molecular weight excluding hydrogens is 328 g/mol. The van der Waals surface area contributed by atoms with Crippen molar-refractivity contribution in [3.63, 3.8) is 0 Å². The molecule has 0 fully saturated rings. The molecule has 1 N–H and O–H groups in total. The van der Waals surface area contributed by atoms with Gasteiger partial charge in [-0.2, -0.15) is 0 Å². The Hall–Kier alpha value is -1.46. The van der Waals surface area contributed by atoms with Gasteiger partial charge in [-0.05, 0) is 48.5 Å². The topological polar surface area (TPSA) is 46.5 Å². The van der Waals surface area contributed by atoms with Gasteiger partial charge < -0.3 is 9.84 Å². The van der Waals surface area contributed by atoms with Crippen LogP contribution in [0, 0.1) is 0 Å². The molecule has 0 aliphatic rings. The van der Waals surface area contributed by atoms with Gasteiger partial charge in [0.05, 0.1) is 5.75 Å². The number of carbonyl (C=O) groups excluding carboxylic acids is 1. The summed E-state index contributed by atoms with van der Waals surface area (Å²) in [5.74, 6) is 0.655. The lowest BCUT2D eigenvalue weighted by Gasteiger charge is -2.04. The summed E-state index contributed by atoms with van der Waals surface area (Å²) in [7, 11) is 0. The molecular formula is C14H11BrO3S. The molecule has 3 nitrogen and oxygen atoms in total. The lowest BCUT2D eigenvalue weighted by molar-refractivity contribution is -0.131. The van der Waals surface area contributed by atoms with E-state index in [4.69, 9.17) is 9.84 Å². The third-order valence-corrected chi connectivity index (χ3v) is 3.75. The molecule has 0 aliphatic heterocycles. The molecule has 19 heavy (non-hydrogen) atoms. The van der Waals surface area contributed by atoms with E-state index >= 15 is 0 Å². The van der Waals surface area contributed by atoms with Crippen LogP contribution < -0.4 is 4.74 Å². The summed E-state index contributed by atoms with van der Waals surface area (Å²) >= 11 is 4.68. The highest BCUT2D eigenvalue weighted by molar-refractivity contribution is 9.10. The third kappa shape index (κ3) is 4.61. The lowest BCUT2D eigenvalue weighted by atomic mass is 10.3. The molecule has 0 saturated carbocycles. The number of hydrogen-bond acceptors (Lipinski definition) is 4. The van der Waals surface area contributed by atoms with Crippen molar-refractivity contribution >= 4 is 33.7 Å². The van der Waals surface area contributed by atoms with Crippen LogP contribution in [0.5, 0.6) is 11.5 Å². The highest BCUT2D eigenvalue weighted by Gasteiger charge is 2.06. The zero-order valence-electron chi connectivity index (χ0n) is 9.88. The fourth-order valence-electron chi connectivity index (χ4n) is 1.35. The van der Waals surface area contributed by atoms with Gasteiger partial charge in [-0.15, -0.1) is 11.8 Å². The van der Waals surface area contributed by atoms with Gasteiger partial charge in [0, 0.05) is 9.37 Å². The highest BCUT2D eigenvalue weighted by atomic mass is 79.9. The standard InChI is InChI=1S/C14H11BrO3S/c15-10-1-5-12(6-2-10)18-14(17)9-19-13-7-3-11(16)4-8-13/h1-8,16H,9H2. The normalized spacial score (nSPS) is 10.2. The third-order valence-electron chi connectivity index (χ3n) is 2.24. The van der Waals surface area contributed by atoms with Crippen molar-refractivity contribution in [2.24, 2.45) is 0 Å². The van der Waals surface area contributed by atoms with Gasteiger partial charge in [-0.1, -0.05) is 15.9 Å². The van der Waals surface area contributed by atoms with Gasteiger partial charge >= 0.3 is 5.97 Å². The van der Waals surface area contributed by atoms with E-state index in [1.54, 1.807) is 36.4 Å². The van der Waals surface area contributed by atoms with E-state index in [9.17, 15) is 4.79 Å². The maximum atomic E-state index is 11.6. The summed E-state index contributed by atoms with van der Waals surface area (Å²) in [5.41, 5.74) is 0. The molecule has 0 bridgehead atoms. The van der Waals surface area contributed by atoms with Crippen LogP contribution in [0.15, 0.2) is 57.9 Å². The monoisotopic (exact) mass is 338 g/mol. The quantitative estimate of drug-likeness (QED) is 0.522. The summed E-state index contributed by atoms with van der Waals surface area (Å²) in [6, 6.07) is 13.8. The smallest absolute Gasteiger partial charge is 0.321 e.